The summed E-state index contributed by atoms with van der Waals surface area (Å²) >= 11 is 3.29. The number of phenolic OH excluding ortho intramolecular Hbond substituents is 2. The maximum Gasteiger partial charge on any atom is 0.172 e. The number of hydrogen-bond donors (Lipinski definition) is 3. The predicted octanol–water partition coefficient (Wildman–Crippen LogP) is 3.79. The van der Waals surface area contributed by atoms with Crippen molar-refractivity contribution in [2.45, 2.75) is 13.5 Å². The highest BCUT2D eigenvalue weighted by atomic mass is 79.9. The van der Waals surface area contributed by atoms with E-state index in [2.05, 4.69) is 21.2 Å². The molecule has 0 radical (unpaired) electrons. The Morgan fingerprint density at radius 2 is 1.95 bits per heavy atom. The fraction of sp³-hybridized carbons (Fsp3) is 0.200. The molecule has 106 valence electrons. The SMILES string of the molecule is COc1cc(CNc2ccc(C)c(O)c2)cc(Br)c1O. The van der Waals surface area contributed by atoms with Gasteiger partial charge in [-0.2, -0.15) is 0 Å². The van der Waals surface area contributed by atoms with E-state index < -0.39 is 0 Å². The lowest BCUT2D eigenvalue weighted by Crippen LogP contribution is -2.00. The molecule has 0 aromatic heterocycles. The van der Waals surface area contributed by atoms with Crippen molar-refractivity contribution in [2.75, 3.05) is 12.4 Å². The number of phenols is 2. The van der Waals surface area contributed by atoms with Crippen LogP contribution in [0.3, 0.4) is 0 Å². The zero-order valence-corrected chi connectivity index (χ0v) is 12.9. The fourth-order valence-electron chi connectivity index (χ4n) is 1.81. The van der Waals surface area contributed by atoms with Crippen molar-refractivity contribution in [3.8, 4) is 17.2 Å². The van der Waals surface area contributed by atoms with Gasteiger partial charge in [-0.05, 0) is 52.2 Å². The van der Waals surface area contributed by atoms with Crippen LogP contribution in [0.15, 0.2) is 34.8 Å². The summed E-state index contributed by atoms with van der Waals surface area (Å²) in [6, 6.07) is 9.02. The van der Waals surface area contributed by atoms with Crippen LogP contribution in [-0.2, 0) is 6.54 Å². The second-order valence-corrected chi connectivity index (χ2v) is 5.34. The van der Waals surface area contributed by atoms with Gasteiger partial charge in [0.15, 0.2) is 11.5 Å². The second kappa shape index (κ2) is 6.05. The lowest BCUT2D eigenvalue weighted by atomic mass is 10.1. The van der Waals surface area contributed by atoms with Crippen molar-refractivity contribution in [1.82, 2.24) is 0 Å². The van der Waals surface area contributed by atoms with Crippen LogP contribution in [-0.4, -0.2) is 17.3 Å². The van der Waals surface area contributed by atoms with Crippen molar-refractivity contribution >= 4 is 21.6 Å². The minimum Gasteiger partial charge on any atom is -0.508 e. The van der Waals surface area contributed by atoms with Crippen LogP contribution >= 0.6 is 15.9 Å². The summed E-state index contributed by atoms with van der Waals surface area (Å²) < 4.78 is 5.69. The van der Waals surface area contributed by atoms with Crippen LogP contribution < -0.4 is 10.1 Å². The topological polar surface area (TPSA) is 61.7 Å². The van der Waals surface area contributed by atoms with E-state index in [0.717, 1.165) is 16.8 Å². The summed E-state index contributed by atoms with van der Waals surface area (Å²) in [5.74, 6) is 0.770. The van der Waals surface area contributed by atoms with Gasteiger partial charge in [-0.3, -0.25) is 0 Å². The molecular formula is C15H16BrNO3. The Morgan fingerprint density at radius 1 is 1.20 bits per heavy atom. The summed E-state index contributed by atoms with van der Waals surface area (Å²) in [7, 11) is 1.51. The molecule has 0 bridgehead atoms. The first-order valence-electron chi connectivity index (χ1n) is 6.10. The molecular weight excluding hydrogens is 322 g/mol. The first-order chi connectivity index (χ1) is 9.51. The Hall–Kier alpha value is -1.88. The molecule has 0 aliphatic rings. The summed E-state index contributed by atoms with van der Waals surface area (Å²) in [6.45, 7) is 2.40. The van der Waals surface area contributed by atoms with Gasteiger partial charge in [-0.1, -0.05) is 6.07 Å². The molecule has 2 aromatic rings. The number of hydrogen-bond acceptors (Lipinski definition) is 4. The van der Waals surface area contributed by atoms with Crippen LogP contribution in [0, 0.1) is 6.92 Å². The Labute approximate surface area is 126 Å². The molecule has 0 unspecified atom stereocenters. The van der Waals surface area contributed by atoms with Crippen molar-refractivity contribution in [3.05, 3.63) is 45.9 Å². The number of halogens is 1. The Balaban J connectivity index is 2.14. The van der Waals surface area contributed by atoms with Gasteiger partial charge in [0.2, 0.25) is 0 Å². The normalized spacial score (nSPS) is 10.3. The molecule has 0 fully saturated rings. The monoisotopic (exact) mass is 337 g/mol. The third kappa shape index (κ3) is 3.17. The van der Waals surface area contributed by atoms with Crippen molar-refractivity contribution in [3.63, 3.8) is 0 Å². The largest absolute Gasteiger partial charge is 0.508 e. The van der Waals surface area contributed by atoms with Gasteiger partial charge in [-0.25, -0.2) is 0 Å². The second-order valence-electron chi connectivity index (χ2n) is 4.48. The molecule has 0 heterocycles. The highest BCUT2D eigenvalue weighted by molar-refractivity contribution is 9.10. The molecule has 5 heteroatoms. The van der Waals surface area contributed by atoms with Crippen molar-refractivity contribution in [1.29, 1.82) is 0 Å². The lowest BCUT2D eigenvalue weighted by molar-refractivity contribution is 0.371. The van der Waals surface area contributed by atoms with Crippen LogP contribution in [0.1, 0.15) is 11.1 Å². The average Bonchev–Trinajstić information content (AvgIpc) is 2.43. The molecule has 0 saturated heterocycles. The number of rotatable bonds is 4. The first-order valence-corrected chi connectivity index (χ1v) is 6.89. The van der Waals surface area contributed by atoms with Crippen LogP contribution in [0.4, 0.5) is 5.69 Å². The molecule has 0 atom stereocenters. The molecule has 20 heavy (non-hydrogen) atoms. The Bertz CT molecular complexity index is 629. The molecule has 2 aromatic carbocycles. The van der Waals surface area contributed by atoms with Gasteiger partial charge >= 0.3 is 0 Å². The fourth-order valence-corrected chi connectivity index (χ4v) is 2.30. The number of methoxy groups -OCH3 is 1. The molecule has 2 rings (SSSR count). The Morgan fingerprint density at radius 3 is 2.60 bits per heavy atom. The molecule has 0 aliphatic carbocycles. The maximum atomic E-state index is 9.75. The number of aryl methyl sites for hydroxylation is 1. The van der Waals surface area contributed by atoms with Gasteiger partial charge in [0.1, 0.15) is 5.75 Å². The molecule has 0 spiro atoms. The van der Waals surface area contributed by atoms with E-state index in [1.165, 1.54) is 7.11 Å². The predicted molar refractivity (Wildman–Crippen MR) is 82.5 cm³/mol. The third-order valence-electron chi connectivity index (χ3n) is 3.01. The number of nitrogens with one attached hydrogen (secondary N) is 1. The minimum absolute atomic E-state index is 0.0873. The number of aromatic hydroxyl groups is 2. The van der Waals surface area contributed by atoms with Crippen LogP contribution in [0.2, 0.25) is 0 Å². The smallest absolute Gasteiger partial charge is 0.172 e. The Kier molecular flexibility index (Phi) is 4.39. The van der Waals surface area contributed by atoms with Gasteiger partial charge < -0.3 is 20.3 Å². The van der Waals surface area contributed by atoms with E-state index >= 15 is 0 Å². The average molecular weight is 338 g/mol. The van der Waals surface area contributed by atoms with E-state index in [-0.39, 0.29) is 11.5 Å². The van der Waals surface area contributed by atoms with Crippen molar-refractivity contribution in [2.24, 2.45) is 0 Å². The summed E-state index contributed by atoms with van der Waals surface area (Å²) in [5, 5.41) is 22.6. The zero-order chi connectivity index (χ0) is 14.7. The number of ether oxygens (including phenoxy) is 1. The molecule has 3 N–H and O–H groups in total. The summed E-state index contributed by atoms with van der Waals surface area (Å²) in [6.07, 6.45) is 0. The zero-order valence-electron chi connectivity index (χ0n) is 11.3. The molecule has 0 aliphatic heterocycles. The summed E-state index contributed by atoms with van der Waals surface area (Å²) in [5.41, 5.74) is 2.62. The van der Waals surface area contributed by atoms with E-state index in [9.17, 15) is 10.2 Å². The molecule has 4 nitrogen and oxygen atoms in total. The van der Waals surface area contributed by atoms with Crippen LogP contribution in [0.25, 0.3) is 0 Å². The highest BCUT2D eigenvalue weighted by Gasteiger charge is 2.08. The maximum absolute atomic E-state index is 9.75. The third-order valence-corrected chi connectivity index (χ3v) is 3.62. The van der Waals surface area contributed by atoms with Gasteiger partial charge in [0.25, 0.3) is 0 Å². The quantitative estimate of drug-likeness (QED) is 0.794. The number of benzene rings is 2. The first kappa shape index (κ1) is 14.5. The van der Waals surface area contributed by atoms with Gasteiger partial charge in [0, 0.05) is 18.3 Å². The minimum atomic E-state index is 0.0873. The van der Waals surface area contributed by atoms with E-state index in [1.54, 1.807) is 12.1 Å². The highest BCUT2D eigenvalue weighted by Crippen LogP contribution is 2.35. The number of anilines is 1. The van der Waals surface area contributed by atoms with Crippen molar-refractivity contribution < 1.29 is 14.9 Å². The van der Waals surface area contributed by atoms with E-state index in [4.69, 9.17) is 4.74 Å². The van der Waals surface area contributed by atoms with Crippen LogP contribution in [0.5, 0.6) is 17.2 Å². The van der Waals surface area contributed by atoms with E-state index in [0.29, 0.717) is 16.8 Å². The molecule has 0 amide bonds. The van der Waals surface area contributed by atoms with Gasteiger partial charge in [0.05, 0.1) is 11.6 Å². The summed E-state index contributed by atoms with van der Waals surface area (Å²) in [4.78, 5) is 0. The van der Waals surface area contributed by atoms with Gasteiger partial charge in [-0.15, -0.1) is 0 Å². The standard InChI is InChI=1S/C15H16BrNO3/c1-9-3-4-11(7-13(9)18)17-8-10-5-12(16)15(19)14(6-10)20-2/h3-7,17-19H,8H2,1-2H3. The van der Waals surface area contributed by atoms with E-state index in [1.807, 2.05) is 25.1 Å². The lowest BCUT2D eigenvalue weighted by Gasteiger charge is -2.11. The molecule has 0 saturated carbocycles.